The van der Waals surface area contributed by atoms with E-state index in [9.17, 15) is 9.90 Å². The number of hydrogen-bond donors (Lipinski definition) is 1. The van der Waals surface area contributed by atoms with Crippen LogP contribution in [-0.4, -0.2) is 21.7 Å². The summed E-state index contributed by atoms with van der Waals surface area (Å²) in [5, 5.41) is 17.3. The standard InChI is InChI=1S/C23H45N2.C3H6O3/c1-4-7-9-10-11-12-13-14-15-16-18-24-19-20-25(22-24)21-23(6-3)17-8-5-2;1-2(4)3(5)6/h19-20,22-23H,4-18,21H2,1-3H3;2,4H,1H3,(H,5,6)/q+1;/p-1. The molecule has 0 aliphatic carbocycles. The van der Waals surface area contributed by atoms with Crippen molar-refractivity contribution >= 4 is 5.97 Å². The third-order valence-electron chi connectivity index (χ3n) is 5.87. The van der Waals surface area contributed by atoms with Crippen LogP contribution in [-0.2, 0) is 17.9 Å². The van der Waals surface area contributed by atoms with Gasteiger partial charge in [0.2, 0.25) is 6.33 Å². The first-order chi connectivity index (χ1) is 14.9. The molecule has 1 aromatic rings. The van der Waals surface area contributed by atoms with Crippen LogP contribution >= 0.6 is 0 Å². The molecule has 5 heteroatoms. The summed E-state index contributed by atoms with van der Waals surface area (Å²) in [7, 11) is 0. The van der Waals surface area contributed by atoms with E-state index in [-0.39, 0.29) is 0 Å². The number of carbonyl (C=O) groups is 1. The minimum atomic E-state index is -1.44. The van der Waals surface area contributed by atoms with Crippen molar-refractivity contribution in [3.05, 3.63) is 18.7 Å². The van der Waals surface area contributed by atoms with Gasteiger partial charge in [-0.25, -0.2) is 9.13 Å². The van der Waals surface area contributed by atoms with Crippen molar-refractivity contribution in [1.29, 1.82) is 0 Å². The average molecular weight is 439 g/mol. The highest BCUT2D eigenvalue weighted by molar-refractivity contribution is 5.68. The van der Waals surface area contributed by atoms with Gasteiger partial charge in [0.25, 0.3) is 0 Å². The summed E-state index contributed by atoms with van der Waals surface area (Å²) < 4.78 is 4.79. The number of unbranched alkanes of at least 4 members (excludes halogenated alkanes) is 10. The van der Waals surface area contributed by atoms with E-state index in [0.29, 0.717) is 0 Å². The maximum absolute atomic E-state index is 9.34. The first kappa shape index (κ1) is 29.6. The van der Waals surface area contributed by atoms with Gasteiger partial charge >= 0.3 is 0 Å². The quantitative estimate of drug-likeness (QED) is 0.258. The number of aliphatic hydroxyl groups excluding tert-OH is 1. The van der Waals surface area contributed by atoms with Crippen LogP contribution in [0.5, 0.6) is 0 Å². The molecule has 0 amide bonds. The second-order valence-electron chi connectivity index (χ2n) is 8.94. The Balaban J connectivity index is 0.00000131. The number of aliphatic carboxylic acids is 1. The molecule has 5 nitrogen and oxygen atoms in total. The van der Waals surface area contributed by atoms with Crippen molar-refractivity contribution in [3.63, 3.8) is 0 Å². The van der Waals surface area contributed by atoms with Gasteiger partial charge in [0.15, 0.2) is 0 Å². The van der Waals surface area contributed by atoms with Crippen LogP contribution in [0, 0.1) is 5.92 Å². The number of carboxylic acid groups (broad SMARTS) is 1. The van der Waals surface area contributed by atoms with Crippen LogP contribution in [0.15, 0.2) is 18.7 Å². The van der Waals surface area contributed by atoms with Gasteiger partial charge in [-0.3, -0.25) is 0 Å². The summed E-state index contributed by atoms with van der Waals surface area (Å²) in [4.78, 5) is 9.34. The molecule has 2 unspecified atom stereocenters. The lowest BCUT2D eigenvalue weighted by molar-refractivity contribution is -0.697. The van der Waals surface area contributed by atoms with E-state index in [4.69, 9.17) is 5.11 Å². The Bertz CT molecular complexity index is 528. The van der Waals surface area contributed by atoms with E-state index in [2.05, 4.69) is 48.6 Å². The first-order valence-electron chi connectivity index (χ1n) is 12.9. The molecule has 1 aromatic heterocycles. The molecule has 0 radical (unpaired) electrons. The molecule has 0 aliphatic heterocycles. The fraction of sp³-hybridized carbons (Fsp3) is 0.846. The van der Waals surface area contributed by atoms with Gasteiger partial charge in [0.05, 0.1) is 25.2 Å². The summed E-state index contributed by atoms with van der Waals surface area (Å²) in [6, 6.07) is 0. The summed E-state index contributed by atoms with van der Waals surface area (Å²) in [6.45, 7) is 10.4. The molecule has 0 aromatic carbocycles. The zero-order chi connectivity index (χ0) is 23.3. The maximum atomic E-state index is 9.34. The van der Waals surface area contributed by atoms with Gasteiger partial charge in [0.1, 0.15) is 12.4 Å². The number of aliphatic hydroxyl groups is 1. The number of nitrogens with zero attached hydrogens (tertiary/aromatic N) is 2. The van der Waals surface area contributed by atoms with Crippen molar-refractivity contribution in [2.75, 3.05) is 0 Å². The Morgan fingerprint density at radius 2 is 1.45 bits per heavy atom. The van der Waals surface area contributed by atoms with Gasteiger partial charge in [-0.05, 0) is 38.5 Å². The topological polar surface area (TPSA) is 69.2 Å². The summed E-state index contributed by atoms with van der Waals surface area (Å²) in [6.07, 6.45) is 25.0. The zero-order valence-electron chi connectivity index (χ0n) is 20.9. The van der Waals surface area contributed by atoms with Gasteiger partial charge in [-0.1, -0.05) is 85.0 Å². The molecule has 0 fully saturated rings. The van der Waals surface area contributed by atoms with E-state index in [0.717, 1.165) is 12.8 Å². The lowest BCUT2D eigenvalue weighted by Crippen LogP contribution is -2.32. The van der Waals surface area contributed by atoms with Gasteiger partial charge in [-0.2, -0.15) is 0 Å². The Labute approximate surface area is 191 Å². The third kappa shape index (κ3) is 18.0. The summed E-state index contributed by atoms with van der Waals surface area (Å²) in [5.41, 5.74) is 0. The molecular formula is C26H50N2O3. The largest absolute Gasteiger partial charge is 0.547 e. The highest BCUT2D eigenvalue weighted by Gasteiger charge is 2.11. The Kier molecular flexibility index (Phi) is 19.6. The molecule has 1 N–H and O–H groups in total. The van der Waals surface area contributed by atoms with Crippen LogP contribution in [0.4, 0.5) is 0 Å². The predicted molar refractivity (Wildman–Crippen MR) is 126 cm³/mol. The molecule has 0 saturated carbocycles. The van der Waals surface area contributed by atoms with Crippen LogP contribution in [0.25, 0.3) is 0 Å². The van der Waals surface area contributed by atoms with Crippen LogP contribution in [0.3, 0.4) is 0 Å². The lowest BCUT2D eigenvalue weighted by atomic mass is 9.99. The van der Waals surface area contributed by atoms with E-state index in [1.165, 1.54) is 103 Å². The minimum Gasteiger partial charge on any atom is -0.547 e. The van der Waals surface area contributed by atoms with E-state index >= 15 is 0 Å². The Hall–Kier alpha value is -1.36. The normalized spacial score (nSPS) is 12.8. The molecule has 182 valence electrons. The molecule has 31 heavy (non-hydrogen) atoms. The molecule has 0 aliphatic rings. The van der Waals surface area contributed by atoms with Crippen molar-refractivity contribution in [2.24, 2.45) is 5.92 Å². The lowest BCUT2D eigenvalue weighted by Gasteiger charge is -2.11. The predicted octanol–water partition coefficient (Wildman–Crippen LogP) is 5.03. The smallest absolute Gasteiger partial charge is 0.243 e. The van der Waals surface area contributed by atoms with Crippen LogP contribution in [0.1, 0.15) is 118 Å². The SMILES string of the molecule is CC(O)C(=O)[O-].CCCCCCCCCCCC[n+]1ccn(CC(CC)CCCC)c1. The fourth-order valence-corrected chi connectivity index (χ4v) is 3.68. The highest BCUT2D eigenvalue weighted by atomic mass is 16.4. The van der Waals surface area contributed by atoms with Crippen LogP contribution in [0.2, 0.25) is 0 Å². The summed E-state index contributed by atoms with van der Waals surface area (Å²) >= 11 is 0. The third-order valence-corrected chi connectivity index (χ3v) is 5.87. The van der Waals surface area contributed by atoms with Gasteiger partial charge in [-0.15, -0.1) is 0 Å². The van der Waals surface area contributed by atoms with Gasteiger partial charge in [0, 0.05) is 0 Å². The second kappa shape index (κ2) is 20.5. The van der Waals surface area contributed by atoms with Crippen molar-refractivity contribution < 1.29 is 19.6 Å². The van der Waals surface area contributed by atoms with E-state index in [1.807, 2.05) is 0 Å². The molecule has 0 saturated heterocycles. The van der Waals surface area contributed by atoms with E-state index in [1.54, 1.807) is 0 Å². The van der Waals surface area contributed by atoms with Crippen LogP contribution < -0.4 is 9.67 Å². The Morgan fingerprint density at radius 1 is 0.935 bits per heavy atom. The Morgan fingerprint density at radius 3 is 1.94 bits per heavy atom. The number of aryl methyl sites for hydroxylation is 1. The number of hydrogen-bond acceptors (Lipinski definition) is 3. The van der Waals surface area contributed by atoms with Crippen molar-refractivity contribution in [2.45, 2.75) is 137 Å². The molecular weight excluding hydrogens is 388 g/mol. The van der Waals surface area contributed by atoms with Crippen molar-refractivity contribution in [1.82, 2.24) is 4.57 Å². The summed E-state index contributed by atoms with van der Waals surface area (Å²) in [5.74, 6) is -0.590. The van der Waals surface area contributed by atoms with Crippen molar-refractivity contribution in [3.8, 4) is 0 Å². The second-order valence-corrected chi connectivity index (χ2v) is 8.94. The zero-order valence-corrected chi connectivity index (χ0v) is 20.9. The maximum Gasteiger partial charge on any atom is 0.243 e. The van der Waals surface area contributed by atoms with E-state index < -0.39 is 12.1 Å². The number of carbonyl (C=O) groups excluding carboxylic acids is 1. The number of carboxylic acids is 1. The molecule has 0 bridgehead atoms. The minimum absolute atomic E-state index is 0.845. The number of rotatable bonds is 18. The number of imidazole rings is 1. The highest BCUT2D eigenvalue weighted by Crippen LogP contribution is 2.14. The molecule has 1 heterocycles. The molecule has 0 spiro atoms. The first-order valence-corrected chi connectivity index (χ1v) is 12.9. The fourth-order valence-electron chi connectivity index (χ4n) is 3.68. The average Bonchev–Trinajstić information content (AvgIpc) is 3.20. The monoisotopic (exact) mass is 438 g/mol. The van der Waals surface area contributed by atoms with Gasteiger partial charge < -0.3 is 15.0 Å². The molecule has 2 atom stereocenters. The molecule has 1 rings (SSSR count). The number of aromatic nitrogens is 2.